The summed E-state index contributed by atoms with van der Waals surface area (Å²) in [5.74, 6) is -0.522. The molecule has 0 atom stereocenters. The van der Waals surface area contributed by atoms with E-state index in [9.17, 15) is 9.59 Å². The third-order valence-corrected chi connectivity index (χ3v) is 3.61. The Hall–Kier alpha value is -3.13. The fraction of sp³-hybridized carbons (Fsp3) is 0.211. The molecule has 0 saturated carbocycles. The molecule has 0 spiro atoms. The molecule has 0 aliphatic heterocycles. The van der Waals surface area contributed by atoms with E-state index in [1.54, 1.807) is 24.3 Å². The monoisotopic (exact) mass is 321 g/mol. The fourth-order valence-electron chi connectivity index (χ4n) is 2.39. The van der Waals surface area contributed by atoms with Gasteiger partial charge in [-0.3, -0.25) is 9.59 Å². The standard InChI is InChI=1S/C19H19N3O2/c1-13-7-8-14(2)18(9-13)22(15(3)23)12-19(24)21-17-6-4-5-16(10-17)11-20/h4-10H,12H2,1-3H3,(H,21,24). The molecule has 0 unspecified atom stereocenters. The van der Waals surface area contributed by atoms with Crippen molar-refractivity contribution in [2.45, 2.75) is 20.8 Å². The molecule has 0 aromatic heterocycles. The van der Waals surface area contributed by atoms with Gasteiger partial charge in [0.2, 0.25) is 11.8 Å². The van der Waals surface area contributed by atoms with Crippen LogP contribution in [0.3, 0.4) is 0 Å². The van der Waals surface area contributed by atoms with Crippen LogP contribution in [-0.2, 0) is 9.59 Å². The summed E-state index contributed by atoms with van der Waals surface area (Å²) in [6, 6.07) is 14.5. The lowest BCUT2D eigenvalue weighted by Gasteiger charge is -2.23. The van der Waals surface area contributed by atoms with Crippen LogP contribution in [0.1, 0.15) is 23.6 Å². The van der Waals surface area contributed by atoms with Crippen molar-refractivity contribution in [3.8, 4) is 6.07 Å². The van der Waals surface area contributed by atoms with Gasteiger partial charge >= 0.3 is 0 Å². The van der Waals surface area contributed by atoms with Crippen molar-refractivity contribution in [2.75, 3.05) is 16.8 Å². The summed E-state index contributed by atoms with van der Waals surface area (Å²) in [5, 5.41) is 11.6. The van der Waals surface area contributed by atoms with E-state index in [0.717, 1.165) is 16.8 Å². The predicted octanol–water partition coefficient (Wildman–Crippen LogP) is 3.17. The van der Waals surface area contributed by atoms with E-state index >= 15 is 0 Å². The molecule has 0 aliphatic rings. The second-order valence-corrected chi connectivity index (χ2v) is 5.64. The summed E-state index contributed by atoms with van der Waals surface area (Å²) in [5.41, 5.74) is 3.66. The quantitative estimate of drug-likeness (QED) is 0.940. The number of aryl methyl sites for hydroxylation is 2. The molecule has 2 aromatic rings. The second-order valence-electron chi connectivity index (χ2n) is 5.64. The molecular weight excluding hydrogens is 302 g/mol. The van der Waals surface area contributed by atoms with Gasteiger partial charge in [0.1, 0.15) is 6.54 Å². The molecule has 1 N–H and O–H groups in total. The Bertz CT molecular complexity index is 822. The fourth-order valence-corrected chi connectivity index (χ4v) is 2.39. The number of carbonyl (C=O) groups excluding carboxylic acids is 2. The predicted molar refractivity (Wildman–Crippen MR) is 93.7 cm³/mol. The number of nitriles is 1. The molecule has 122 valence electrons. The first-order chi connectivity index (χ1) is 11.4. The summed E-state index contributed by atoms with van der Waals surface area (Å²) in [7, 11) is 0. The highest BCUT2D eigenvalue weighted by Crippen LogP contribution is 2.22. The van der Waals surface area contributed by atoms with Crippen LogP contribution in [0.2, 0.25) is 0 Å². The van der Waals surface area contributed by atoms with Gasteiger partial charge in [-0.15, -0.1) is 0 Å². The molecule has 0 heterocycles. The van der Waals surface area contributed by atoms with E-state index in [1.165, 1.54) is 11.8 Å². The minimum Gasteiger partial charge on any atom is -0.324 e. The van der Waals surface area contributed by atoms with Crippen molar-refractivity contribution in [2.24, 2.45) is 0 Å². The average molecular weight is 321 g/mol. The SMILES string of the molecule is CC(=O)N(CC(=O)Nc1cccc(C#N)c1)c1cc(C)ccc1C. The zero-order valence-corrected chi connectivity index (χ0v) is 14.0. The summed E-state index contributed by atoms with van der Waals surface area (Å²) in [6.45, 7) is 5.19. The van der Waals surface area contributed by atoms with Gasteiger partial charge in [0.15, 0.2) is 0 Å². The van der Waals surface area contributed by atoms with E-state index in [4.69, 9.17) is 5.26 Å². The average Bonchev–Trinajstić information content (AvgIpc) is 2.55. The number of hydrogen-bond donors (Lipinski definition) is 1. The van der Waals surface area contributed by atoms with Gasteiger partial charge in [-0.2, -0.15) is 5.26 Å². The lowest BCUT2D eigenvalue weighted by molar-refractivity contribution is -0.120. The number of carbonyl (C=O) groups is 2. The second kappa shape index (κ2) is 7.42. The molecule has 2 rings (SSSR count). The molecule has 0 aliphatic carbocycles. The minimum absolute atomic E-state index is 0.0869. The highest BCUT2D eigenvalue weighted by Gasteiger charge is 2.18. The van der Waals surface area contributed by atoms with Crippen LogP contribution in [0.5, 0.6) is 0 Å². The van der Waals surface area contributed by atoms with Gasteiger partial charge in [-0.25, -0.2) is 0 Å². The molecule has 0 bridgehead atoms. The Kier molecular flexibility index (Phi) is 5.33. The van der Waals surface area contributed by atoms with E-state index < -0.39 is 0 Å². The Morgan fingerprint density at radius 2 is 1.92 bits per heavy atom. The van der Waals surface area contributed by atoms with E-state index in [2.05, 4.69) is 5.32 Å². The van der Waals surface area contributed by atoms with Crippen LogP contribution in [-0.4, -0.2) is 18.4 Å². The number of benzene rings is 2. The molecule has 24 heavy (non-hydrogen) atoms. The van der Waals surface area contributed by atoms with E-state index in [0.29, 0.717) is 11.3 Å². The Balaban J connectivity index is 2.18. The van der Waals surface area contributed by atoms with Crippen LogP contribution in [0.4, 0.5) is 11.4 Å². The Labute approximate surface area is 141 Å². The van der Waals surface area contributed by atoms with Gasteiger partial charge in [-0.1, -0.05) is 18.2 Å². The highest BCUT2D eigenvalue weighted by atomic mass is 16.2. The maximum absolute atomic E-state index is 12.3. The van der Waals surface area contributed by atoms with Crippen LogP contribution in [0.25, 0.3) is 0 Å². The number of nitrogens with zero attached hydrogens (tertiary/aromatic N) is 2. The Morgan fingerprint density at radius 3 is 2.58 bits per heavy atom. The molecule has 2 amide bonds. The number of hydrogen-bond acceptors (Lipinski definition) is 3. The highest BCUT2D eigenvalue weighted by molar-refractivity contribution is 6.02. The summed E-state index contributed by atoms with van der Waals surface area (Å²) in [6.07, 6.45) is 0. The number of rotatable bonds is 4. The van der Waals surface area contributed by atoms with Crippen LogP contribution < -0.4 is 10.2 Å². The van der Waals surface area contributed by atoms with Gasteiger partial charge < -0.3 is 10.2 Å². The largest absolute Gasteiger partial charge is 0.324 e. The van der Waals surface area contributed by atoms with E-state index in [1.807, 2.05) is 38.1 Å². The first kappa shape index (κ1) is 17.2. The number of amides is 2. The third kappa shape index (κ3) is 4.20. The van der Waals surface area contributed by atoms with Crippen molar-refractivity contribution >= 4 is 23.2 Å². The third-order valence-electron chi connectivity index (χ3n) is 3.61. The van der Waals surface area contributed by atoms with Crippen LogP contribution in [0, 0.1) is 25.2 Å². The van der Waals surface area contributed by atoms with Gasteiger partial charge in [0.05, 0.1) is 11.6 Å². The van der Waals surface area contributed by atoms with Crippen molar-refractivity contribution in [3.63, 3.8) is 0 Å². The first-order valence-electron chi connectivity index (χ1n) is 7.56. The summed E-state index contributed by atoms with van der Waals surface area (Å²) in [4.78, 5) is 25.8. The van der Waals surface area contributed by atoms with Gasteiger partial charge in [0, 0.05) is 18.3 Å². The van der Waals surface area contributed by atoms with Crippen LogP contribution in [0.15, 0.2) is 42.5 Å². The lowest BCUT2D eigenvalue weighted by Crippen LogP contribution is -2.37. The first-order valence-corrected chi connectivity index (χ1v) is 7.56. The van der Waals surface area contributed by atoms with Gasteiger partial charge in [-0.05, 0) is 49.2 Å². The van der Waals surface area contributed by atoms with Crippen molar-refractivity contribution in [3.05, 3.63) is 59.2 Å². The zero-order valence-electron chi connectivity index (χ0n) is 14.0. The maximum Gasteiger partial charge on any atom is 0.244 e. The maximum atomic E-state index is 12.3. The summed E-state index contributed by atoms with van der Waals surface area (Å²) < 4.78 is 0. The van der Waals surface area contributed by atoms with Crippen LogP contribution >= 0.6 is 0 Å². The molecule has 0 fully saturated rings. The van der Waals surface area contributed by atoms with Gasteiger partial charge in [0.25, 0.3) is 0 Å². The smallest absolute Gasteiger partial charge is 0.244 e. The number of nitrogens with one attached hydrogen (secondary N) is 1. The molecule has 0 radical (unpaired) electrons. The molecule has 5 heteroatoms. The molecule has 5 nitrogen and oxygen atoms in total. The molecular formula is C19H19N3O2. The van der Waals surface area contributed by atoms with Crippen molar-refractivity contribution in [1.82, 2.24) is 0 Å². The molecule has 0 saturated heterocycles. The summed E-state index contributed by atoms with van der Waals surface area (Å²) >= 11 is 0. The minimum atomic E-state index is -0.318. The van der Waals surface area contributed by atoms with E-state index in [-0.39, 0.29) is 18.4 Å². The lowest BCUT2D eigenvalue weighted by atomic mass is 10.1. The topological polar surface area (TPSA) is 73.2 Å². The number of anilines is 2. The zero-order chi connectivity index (χ0) is 17.7. The van der Waals surface area contributed by atoms with Crippen molar-refractivity contribution in [1.29, 1.82) is 5.26 Å². The Morgan fingerprint density at radius 1 is 1.17 bits per heavy atom. The normalized spacial score (nSPS) is 9.92. The van der Waals surface area contributed by atoms with Crippen molar-refractivity contribution < 1.29 is 9.59 Å². The molecule has 2 aromatic carbocycles.